The molecule has 3 rings (SSSR count). The summed E-state index contributed by atoms with van der Waals surface area (Å²) in [4.78, 5) is 9.86. The Bertz CT molecular complexity index is 747. The maximum absolute atomic E-state index is 12.0. The van der Waals surface area contributed by atoms with E-state index in [0.717, 1.165) is 5.75 Å². The fraction of sp³-hybridized carbons (Fsp3) is 0.500. The highest BCUT2D eigenvalue weighted by Gasteiger charge is 2.32. The van der Waals surface area contributed by atoms with Gasteiger partial charge in [-0.25, -0.2) is 8.42 Å². The molecule has 0 bridgehead atoms. The number of anilines is 1. The van der Waals surface area contributed by atoms with Crippen LogP contribution in [0.25, 0.3) is 5.78 Å². The van der Waals surface area contributed by atoms with E-state index >= 15 is 0 Å². The number of sulfone groups is 1. The Kier molecular flexibility index (Phi) is 3.51. The average Bonchev–Trinajstić information content (AvgIpc) is 2.84. The molecule has 0 radical (unpaired) electrons. The van der Waals surface area contributed by atoms with Gasteiger partial charge in [-0.05, 0) is 0 Å². The predicted molar refractivity (Wildman–Crippen MR) is 79.1 cm³/mol. The molecule has 0 spiro atoms. The van der Waals surface area contributed by atoms with Gasteiger partial charge >= 0.3 is 0 Å². The highest BCUT2D eigenvalue weighted by Crippen LogP contribution is 2.28. The van der Waals surface area contributed by atoms with E-state index in [1.807, 2.05) is 0 Å². The van der Waals surface area contributed by atoms with E-state index in [9.17, 15) is 8.42 Å². The lowest BCUT2D eigenvalue weighted by Gasteiger charge is -2.35. The quantitative estimate of drug-likeness (QED) is 0.748. The van der Waals surface area contributed by atoms with Crippen LogP contribution in [0, 0.1) is 0 Å². The molecule has 0 aromatic carbocycles. The Hall–Kier alpha value is -1.06. The lowest BCUT2D eigenvalue weighted by molar-refractivity contribution is 0.582. The molecule has 1 atom stereocenters. The minimum Gasteiger partial charge on any atom is -0.338 e. The number of hydrogen-bond acceptors (Lipinski definition) is 7. The summed E-state index contributed by atoms with van der Waals surface area (Å²) >= 11 is 7.61. The van der Waals surface area contributed by atoms with Crippen molar-refractivity contribution in [3.05, 3.63) is 17.5 Å². The Morgan fingerprint density at radius 1 is 1.50 bits per heavy atom. The number of aromatic nitrogens is 4. The highest BCUT2D eigenvalue weighted by molar-refractivity contribution is 8.01. The molecule has 1 unspecified atom stereocenters. The molecule has 2 aromatic rings. The third kappa shape index (κ3) is 2.45. The Labute approximate surface area is 125 Å². The number of nitrogens with zero attached hydrogens (tertiary/aromatic N) is 5. The molecule has 10 heteroatoms. The monoisotopic (exact) mass is 333 g/mol. The third-order valence-corrected chi connectivity index (χ3v) is 5.91. The SMILES string of the molecule is CS(=O)(=O)C1CSCCN1c1cc(Cl)nc2ncnn12. The van der Waals surface area contributed by atoms with Crippen LogP contribution in [0.4, 0.5) is 5.82 Å². The third-order valence-electron chi connectivity index (χ3n) is 3.07. The van der Waals surface area contributed by atoms with Crippen LogP contribution in [0.2, 0.25) is 5.15 Å². The first-order valence-corrected chi connectivity index (χ1v) is 9.35. The largest absolute Gasteiger partial charge is 0.338 e. The summed E-state index contributed by atoms with van der Waals surface area (Å²) in [5.41, 5.74) is 0. The van der Waals surface area contributed by atoms with Gasteiger partial charge in [0.25, 0.3) is 5.78 Å². The van der Waals surface area contributed by atoms with Gasteiger partial charge in [-0.1, -0.05) is 11.6 Å². The molecule has 1 aliphatic heterocycles. The minimum atomic E-state index is -3.21. The van der Waals surface area contributed by atoms with E-state index in [1.165, 1.54) is 17.1 Å². The van der Waals surface area contributed by atoms with Crippen LogP contribution in [0.1, 0.15) is 0 Å². The molecule has 3 heterocycles. The van der Waals surface area contributed by atoms with Crippen LogP contribution >= 0.6 is 23.4 Å². The van der Waals surface area contributed by atoms with E-state index in [-0.39, 0.29) is 5.15 Å². The Morgan fingerprint density at radius 3 is 3.05 bits per heavy atom. The molecule has 20 heavy (non-hydrogen) atoms. The standard InChI is InChI=1S/C10H12ClN5O2S2/c1-20(17,18)9-5-19-3-2-15(9)8-4-7(11)14-10-12-6-13-16(8)10/h4,6,9H,2-3,5H2,1H3. The van der Waals surface area contributed by atoms with Gasteiger partial charge in [0.15, 0.2) is 9.84 Å². The fourth-order valence-electron chi connectivity index (χ4n) is 2.17. The van der Waals surface area contributed by atoms with Crippen LogP contribution in [-0.2, 0) is 9.84 Å². The van der Waals surface area contributed by atoms with Gasteiger partial charge < -0.3 is 4.90 Å². The van der Waals surface area contributed by atoms with Crippen molar-refractivity contribution < 1.29 is 8.42 Å². The van der Waals surface area contributed by atoms with Crippen molar-refractivity contribution in [1.82, 2.24) is 19.6 Å². The molecule has 0 aliphatic carbocycles. The summed E-state index contributed by atoms with van der Waals surface area (Å²) in [6.07, 6.45) is 2.62. The zero-order chi connectivity index (χ0) is 14.3. The second-order valence-electron chi connectivity index (χ2n) is 4.46. The predicted octanol–water partition coefficient (Wildman–Crippen LogP) is 0.702. The smallest absolute Gasteiger partial charge is 0.255 e. The van der Waals surface area contributed by atoms with Gasteiger partial charge in [0.1, 0.15) is 22.7 Å². The summed E-state index contributed by atoms with van der Waals surface area (Å²) in [6.45, 7) is 0.609. The minimum absolute atomic E-state index is 0.269. The van der Waals surface area contributed by atoms with Crippen LogP contribution in [-0.4, -0.2) is 57.7 Å². The van der Waals surface area contributed by atoms with Gasteiger partial charge in [0.2, 0.25) is 0 Å². The topological polar surface area (TPSA) is 80.5 Å². The van der Waals surface area contributed by atoms with Gasteiger partial charge in [-0.15, -0.1) is 0 Å². The van der Waals surface area contributed by atoms with Crippen molar-refractivity contribution in [2.24, 2.45) is 0 Å². The van der Waals surface area contributed by atoms with Crippen molar-refractivity contribution >= 4 is 44.8 Å². The second kappa shape index (κ2) is 5.05. The average molecular weight is 334 g/mol. The van der Waals surface area contributed by atoms with E-state index < -0.39 is 15.2 Å². The maximum atomic E-state index is 12.0. The zero-order valence-corrected chi connectivity index (χ0v) is 13.0. The lowest BCUT2D eigenvalue weighted by atomic mass is 10.4. The van der Waals surface area contributed by atoms with Crippen LogP contribution < -0.4 is 4.90 Å². The number of hydrogen-bond donors (Lipinski definition) is 0. The Balaban J connectivity index is 2.15. The van der Waals surface area contributed by atoms with E-state index in [2.05, 4.69) is 15.1 Å². The highest BCUT2D eigenvalue weighted by atomic mass is 35.5. The first-order chi connectivity index (χ1) is 9.47. The summed E-state index contributed by atoms with van der Waals surface area (Å²) in [5, 5.41) is 3.77. The number of fused-ring (bicyclic) bond motifs is 1. The molecule has 7 nitrogen and oxygen atoms in total. The molecule has 1 fully saturated rings. The molecule has 0 N–H and O–H groups in total. The first kappa shape index (κ1) is 13.9. The zero-order valence-electron chi connectivity index (χ0n) is 10.6. The van der Waals surface area contributed by atoms with Gasteiger partial charge in [0, 0.05) is 30.4 Å². The number of halogens is 1. The molecule has 2 aromatic heterocycles. The molecular weight excluding hydrogens is 322 g/mol. The van der Waals surface area contributed by atoms with Crippen molar-refractivity contribution in [2.75, 3.05) is 29.2 Å². The second-order valence-corrected chi connectivity index (χ2v) is 8.20. The van der Waals surface area contributed by atoms with Crippen molar-refractivity contribution in [1.29, 1.82) is 0 Å². The van der Waals surface area contributed by atoms with Crippen molar-refractivity contribution in [3.63, 3.8) is 0 Å². The summed E-state index contributed by atoms with van der Waals surface area (Å²) in [5.74, 6) is 2.34. The van der Waals surface area contributed by atoms with E-state index in [0.29, 0.717) is 23.9 Å². The number of thioether (sulfide) groups is 1. The van der Waals surface area contributed by atoms with Crippen LogP contribution in [0.5, 0.6) is 0 Å². The van der Waals surface area contributed by atoms with E-state index in [4.69, 9.17) is 11.6 Å². The molecule has 108 valence electrons. The summed E-state index contributed by atoms with van der Waals surface area (Å²) in [6, 6.07) is 1.62. The summed E-state index contributed by atoms with van der Waals surface area (Å²) in [7, 11) is -3.21. The van der Waals surface area contributed by atoms with Gasteiger partial charge in [-0.3, -0.25) is 0 Å². The molecular formula is C10H12ClN5O2S2. The van der Waals surface area contributed by atoms with Crippen LogP contribution in [0.3, 0.4) is 0 Å². The summed E-state index contributed by atoms with van der Waals surface area (Å²) < 4.78 is 25.5. The van der Waals surface area contributed by atoms with Crippen molar-refractivity contribution in [2.45, 2.75) is 5.37 Å². The van der Waals surface area contributed by atoms with Crippen molar-refractivity contribution in [3.8, 4) is 0 Å². The molecule has 0 amide bonds. The lowest BCUT2D eigenvalue weighted by Crippen LogP contribution is -2.47. The first-order valence-electron chi connectivity index (χ1n) is 5.86. The molecule has 1 saturated heterocycles. The van der Waals surface area contributed by atoms with E-state index in [1.54, 1.807) is 22.7 Å². The van der Waals surface area contributed by atoms with Gasteiger partial charge in [0.05, 0.1) is 0 Å². The molecule has 1 aliphatic rings. The van der Waals surface area contributed by atoms with Gasteiger partial charge in [-0.2, -0.15) is 31.3 Å². The number of rotatable bonds is 2. The Morgan fingerprint density at radius 2 is 2.30 bits per heavy atom. The fourth-order valence-corrected chi connectivity index (χ4v) is 5.17. The maximum Gasteiger partial charge on any atom is 0.255 e. The molecule has 0 saturated carbocycles. The van der Waals surface area contributed by atoms with Crippen LogP contribution in [0.15, 0.2) is 12.4 Å². The normalized spacial score (nSPS) is 20.5.